The molecule has 2 aromatic carbocycles. The van der Waals surface area contributed by atoms with Crippen molar-refractivity contribution in [3.63, 3.8) is 0 Å². The van der Waals surface area contributed by atoms with Crippen LogP contribution >= 0.6 is 34.5 Å². The number of fused-ring (bicyclic) bond motifs is 1. The number of thiazole rings is 1. The van der Waals surface area contributed by atoms with Crippen molar-refractivity contribution in [1.29, 1.82) is 0 Å². The molecule has 3 aromatic rings. The van der Waals surface area contributed by atoms with E-state index in [4.69, 9.17) is 23.2 Å². The van der Waals surface area contributed by atoms with E-state index < -0.39 is 0 Å². The molecular formula is C18H16Cl2N2OS. The lowest BCUT2D eigenvalue weighted by Gasteiger charge is -2.03. The lowest BCUT2D eigenvalue weighted by Crippen LogP contribution is -2.14. The van der Waals surface area contributed by atoms with E-state index in [2.05, 4.69) is 11.9 Å². The van der Waals surface area contributed by atoms with E-state index in [0.717, 1.165) is 15.8 Å². The molecule has 0 fully saturated rings. The fourth-order valence-corrected chi connectivity index (χ4v) is 4.20. The van der Waals surface area contributed by atoms with Crippen LogP contribution in [0.15, 0.2) is 35.3 Å². The standard InChI is InChI=1S/C18H16Cl2N2OS/c1-10-4-5-12(8-11(10)2)9-15(23)21-18-22(3)16-13(19)6-7-14(20)17(16)24-18/h4-8H,9H2,1-3H3. The zero-order valence-electron chi connectivity index (χ0n) is 13.6. The molecular weight excluding hydrogens is 363 g/mol. The normalized spacial score (nSPS) is 12.1. The Balaban J connectivity index is 1.99. The highest BCUT2D eigenvalue weighted by Gasteiger charge is 2.11. The van der Waals surface area contributed by atoms with Crippen molar-refractivity contribution in [2.45, 2.75) is 20.3 Å². The molecule has 0 aliphatic heterocycles. The Morgan fingerprint density at radius 3 is 2.50 bits per heavy atom. The number of aromatic nitrogens is 1. The fraction of sp³-hybridized carbons (Fsp3) is 0.222. The SMILES string of the molecule is Cc1ccc(CC(=O)N=c2sc3c(Cl)ccc(Cl)c3n2C)cc1C. The summed E-state index contributed by atoms with van der Waals surface area (Å²) in [6, 6.07) is 9.52. The summed E-state index contributed by atoms with van der Waals surface area (Å²) in [5.41, 5.74) is 4.15. The third-order valence-corrected chi connectivity index (χ3v) is 5.89. The predicted molar refractivity (Wildman–Crippen MR) is 101 cm³/mol. The van der Waals surface area contributed by atoms with Gasteiger partial charge in [-0.1, -0.05) is 52.7 Å². The molecule has 24 heavy (non-hydrogen) atoms. The first kappa shape index (κ1) is 17.2. The summed E-state index contributed by atoms with van der Waals surface area (Å²) in [7, 11) is 1.84. The number of aryl methyl sites for hydroxylation is 3. The Labute approximate surface area is 154 Å². The van der Waals surface area contributed by atoms with Crippen LogP contribution in [0.4, 0.5) is 0 Å². The maximum atomic E-state index is 12.3. The van der Waals surface area contributed by atoms with E-state index in [0.29, 0.717) is 14.8 Å². The van der Waals surface area contributed by atoms with E-state index in [1.54, 1.807) is 12.1 Å². The number of halogens is 2. The minimum Gasteiger partial charge on any atom is -0.318 e. The van der Waals surface area contributed by atoms with Gasteiger partial charge in [0.05, 0.1) is 26.7 Å². The third-order valence-electron chi connectivity index (χ3n) is 4.00. The molecule has 0 saturated carbocycles. The minimum absolute atomic E-state index is 0.187. The summed E-state index contributed by atoms with van der Waals surface area (Å²) in [5.74, 6) is -0.187. The summed E-state index contributed by atoms with van der Waals surface area (Å²) in [5, 5.41) is 1.20. The zero-order chi connectivity index (χ0) is 17.4. The second-order valence-electron chi connectivity index (χ2n) is 5.75. The number of benzene rings is 2. The Morgan fingerprint density at radius 2 is 1.83 bits per heavy atom. The molecule has 124 valence electrons. The van der Waals surface area contributed by atoms with Crippen molar-refractivity contribution in [1.82, 2.24) is 4.57 Å². The van der Waals surface area contributed by atoms with E-state index in [1.807, 2.05) is 36.7 Å². The van der Waals surface area contributed by atoms with Gasteiger partial charge in [-0.15, -0.1) is 0 Å². The first-order valence-corrected chi connectivity index (χ1v) is 9.01. The van der Waals surface area contributed by atoms with E-state index >= 15 is 0 Å². The van der Waals surface area contributed by atoms with Gasteiger partial charge in [0.1, 0.15) is 0 Å². The summed E-state index contributed by atoms with van der Waals surface area (Å²) < 4.78 is 2.65. The highest BCUT2D eigenvalue weighted by atomic mass is 35.5. The highest BCUT2D eigenvalue weighted by molar-refractivity contribution is 7.17. The molecule has 0 aliphatic rings. The molecule has 0 spiro atoms. The topological polar surface area (TPSA) is 34.4 Å². The second-order valence-corrected chi connectivity index (χ2v) is 7.54. The molecule has 0 radical (unpaired) electrons. The van der Waals surface area contributed by atoms with E-state index in [-0.39, 0.29) is 12.3 Å². The smallest absolute Gasteiger partial charge is 0.252 e. The molecule has 6 heteroatoms. The first-order chi connectivity index (χ1) is 11.4. The summed E-state index contributed by atoms with van der Waals surface area (Å²) in [6.45, 7) is 4.09. The fourth-order valence-electron chi connectivity index (χ4n) is 2.52. The van der Waals surface area contributed by atoms with Gasteiger partial charge in [-0.05, 0) is 42.7 Å². The van der Waals surface area contributed by atoms with Crippen molar-refractivity contribution in [3.8, 4) is 0 Å². The van der Waals surface area contributed by atoms with Crippen LogP contribution in [0, 0.1) is 13.8 Å². The van der Waals surface area contributed by atoms with Crippen LogP contribution in [-0.2, 0) is 18.3 Å². The minimum atomic E-state index is -0.187. The summed E-state index contributed by atoms with van der Waals surface area (Å²) in [6.07, 6.45) is 0.275. The van der Waals surface area contributed by atoms with E-state index in [1.165, 1.54) is 22.5 Å². The second kappa shape index (κ2) is 6.71. The number of amides is 1. The summed E-state index contributed by atoms with van der Waals surface area (Å²) in [4.78, 5) is 17.2. The quantitative estimate of drug-likeness (QED) is 0.628. The van der Waals surface area contributed by atoms with E-state index in [9.17, 15) is 4.79 Å². The Morgan fingerprint density at radius 1 is 1.12 bits per heavy atom. The molecule has 0 aliphatic carbocycles. The van der Waals surface area contributed by atoms with Crippen LogP contribution in [0.25, 0.3) is 10.2 Å². The van der Waals surface area contributed by atoms with Crippen LogP contribution in [0.3, 0.4) is 0 Å². The summed E-state index contributed by atoms with van der Waals surface area (Å²) >= 11 is 13.8. The number of hydrogen-bond donors (Lipinski definition) is 0. The van der Waals surface area contributed by atoms with Crippen molar-refractivity contribution >= 4 is 50.7 Å². The van der Waals surface area contributed by atoms with Gasteiger partial charge in [0, 0.05) is 7.05 Å². The largest absolute Gasteiger partial charge is 0.318 e. The monoisotopic (exact) mass is 378 g/mol. The molecule has 0 N–H and O–H groups in total. The molecule has 0 unspecified atom stereocenters. The van der Waals surface area contributed by atoms with Crippen LogP contribution < -0.4 is 4.80 Å². The van der Waals surface area contributed by atoms with Gasteiger partial charge >= 0.3 is 0 Å². The van der Waals surface area contributed by atoms with Crippen molar-refractivity contribution in [2.75, 3.05) is 0 Å². The van der Waals surface area contributed by atoms with Gasteiger partial charge in [-0.3, -0.25) is 4.79 Å². The molecule has 1 heterocycles. The molecule has 0 bridgehead atoms. The van der Waals surface area contributed by atoms with Crippen LogP contribution in [0.2, 0.25) is 10.0 Å². The van der Waals surface area contributed by atoms with Crippen molar-refractivity contribution in [2.24, 2.45) is 12.0 Å². The maximum absolute atomic E-state index is 12.3. The highest BCUT2D eigenvalue weighted by Crippen LogP contribution is 2.31. The van der Waals surface area contributed by atoms with Crippen molar-refractivity contribution in [3.05, 3.63) is 61.9 Å². The zero-order valence-corrected chi connectivity index (χ0v) is 15.9. The molecule has 3 nitrogen and oxygen atoms in total. The predicted octanol–water partition coefficient (Wildman–Crippen LogP) is 4.83. The number of carbonyl (C=O) groups is 1. The van der Waals surface area contributed by atoms with Crippen molar-refractivity contribution < 1.29 is 4.79 Å². The van der Waals surface area contributed by atoms with Gasteiger partial charge < -0.3 is 4.57 Å². The molecule has 3 rings (SSSR count). The van der Waals surface area contributed by atoms with Gasteiger partial charge in [-0.25, -0.2) is 0 Å². The molecule has 0 atom stereocenters. The van der Waals surface area contributed by atoms with Gasteiger partial charge in [0.2, 0.25) is 0 Å². The Bertz CT molecular complexity index is 1020. The number of rotatable bonds is 2. The van der Waals surface area contributed by atoms with Crippen LogP contribution in [0.1, 0.15) is 16.7 Å². The van der Waals surface area contributed by atoms with Gasteiger partial charge in [0.15, 0.2) is 4.80 Å². The average molecular weight is 379 g/mol. The van der Waals surface area contributed by atoms with Crippen LogP contribution in [-0.4, -0.2) is 10.5 Å². The molecule has 1 aromatic heterocycles. The molecule has 1 amide bonds. The lowest BCUT2D eigenvalue weighted by atomic mass is 10.0. The first-order valence-electron chi connectivity index (χ1n) is 7.44. The van der Waals surface area contributed by atoms with Gasteiger partial charge in [0.25, 0.3) is 5.91 Å². The number of nitrogens with zero attached hydrogens (tertiary/aromatic N) is 2. The number of hydrogen-bond acceptors (Lipinski definition) is 2. The molecule has 0 saturated heterocycles. The Hall–Kier alpha value is -1.62. The Kier molecular flexibility index (Phi) is 4.81. The maximum Gasteiger partial charge on any atom is 0.252 e. The third kappa shape index (κ3) is 3.27. The van der Waals surface area contributed by atoms with Gasteiger partial charge in [-0.2, -0.15) is 4.99 Å². The van der Waals surface area contributed by atoms with Crippen LogP contribution in [0.5, 0.6) is 0 Å². The lowest BCUT2D eigenvalue weighted by molar-refractivity contribution is -0.117. The number of carbonyl (C=O) groups excluding carboxylic acids is 1. The average Bonchev–Trinajstić information content (AvgIpc) is 2.85.